The van der Waals surface area contributed by atoms with Gasteiger partial charge in [-0.05, 0) is 0 Å². The number of carbonyl (C=O) groups is 2. The highest BCUT2D eigenvalue weighted by Crippen LogP contribution is 1.85. The van der Waals surface area contributed by atoms with E-state index < -0.39 is 0 Å². The van der Waals surface area contributed by atoms with Crippen LogP contribution in [0.4, 0.5) is 4.79 Å². The minimum atomic E-state index is -0.201. The van der Waals surface area contributed by atoms with Crippen molar-refractivity contribution in [1.29, 1.82) is 0 Å². The van der Waals surface area contributed by atoms with Crippen LogP contribution >= 0.6 is 45.2 Å². The van der Waals surface area contributed by atoms with Gasteiger partial charge in [-0.25, -0.2) is 0 Å². The molecule has 8 heavy (non-hydrogen) atoms. The Balaban J connectivity index is 3.18. The Bertz CT molecular complexity index is 99.9. The van der Waals surface area contributed by atoms with E-state index in [0.29, 0.717) is 0 Å². The van der Waals surface area contributed by atoms with Crippen molar-refractivity contribution in [3.8, 4) is 0 Å². The Hall–Kier alpha value is 0.600. The molecule has 1 N–H and O–H groups in total. The van der Waals surface area contributed by atoms with Gasteiger partial charge in [-0.1, -0.05) is 0 Å². The number of halogens is 2. The molecule has 0 aromatic carbocycles. The molecule has 0 aliphatic carbocycles. The second-order valence-corrected chi connectivity index (χ2v) is 3.17. The lowest BCUT2D eigenvalue weighted by molar-refractivity contribution is -0.108. The number of hydrogen-bond donors (Lipinski definition) is 1. The van der Waals surface area contributed by atoms with Gasteiger partial charge in [0.15, 0.2) is 0 Å². The van der Waals surface area contributed by atoms with Crippen molar-refractivity contribution in [3.05, 3.63) is 0 Å². The van der Waals surface area contributed by atoms with Crippen molar-refractivity contribution in [2.75, 3.05) is 6.54 Å². The summed E-state index contributed by atoms with van der Waals surface area (Å²) in [6.07, 6.45) is 0. The van der Waals surface area contributed by atoms with Gasteiger partial charge in [-0.15, -0.1) is 0 Å². The van der Waals surface area contributed by atoms with E-state index in [0.717, 1.165) is 0 Å². The molecule has 0 aliphatic rings. The molecule has 0 saturated carbocycles. The normalized spacial score (nSPS) is 8.25. The molecule has 0 aromatic heterocycles. The molecule has 3 nitrogen and oxygen atoms in total. The van der Waals surface area contributed by atoms with Crippen LogP contribution in [-0.2, 0) is 4.79 Å². The summed E-state index contributed by atoms with van der Waals surface area (Å²) >= 11 is 3.19. The van der Waals surface area contributed by atoms with Crippen LogP contribution in [0.5, 0.6) is 0 Å². The van der Waals surface area contributed by atoms with Crippen LogP contribution in [0.25, 0.3) is 0 Å². The van der Waals surface area contributed by atoms with E-state index in [1.54, 1.807) is 45.2 Å². The lowest BCUT2D eigenvalue weighted by Gasteiger charge is -1.90. The first-order valence-corrected chi connectivity index (χ1v) is 3.90. The smallest absolute Gasteiger partial charge is 0.281 e. The lowest BCUT2D eigenvalue weighted by Crippen LogP contribution is -2.20. The number of carbonyl (C=O) groups excluding carboxylic acids is 2. The van der Waals surface area contributed by atoms with E-state index >= 15 is 0 Å². The van der Waals surface area contributed by atoms with Gasteiger partial charge in [0, 0.05) is 45.2 Å². The maximum absolute atomic E-state index is 10.1. The van der Waals surface area contributed by atoms with Gasteiger partial charge in [0.05, 0.1) is 6.54 Å². The summed E-state index contributed by atoms with van der Waals surface area (Å²) in [6.45, 7) is 0.127. The molecule has 0 bridgehead atoms. The quantitative estimate of drug-likeness (QED) is 0.465. The zero-order valence-corrected chi connectivity index (χ0v) is 8.09. The maximum Gasteiger partial charge on any atom is 0.281 e. The Morgan fingerprint density at radius 3 is 2.00 bits per heavy atom. The van der Waals surface area contributed by atoms with Crippen LogP contribution in [-0.4, -0.2) is 14.2 Å². The largest absolute Gasteiger partial charge is 0.340 e. The number of nitrogens with one attached hydrogen (secondary N) is 1. The van der Waals surface area contributed by atoms with Gasteiger partial charge in [0.25, 0.3) is 3.91 Å². The first-order chi connectivity index (χ1) is 3.63. The van der Waals surface area contributed by atoms with Gasteiger partial charge in [0.1, 0.15) is 0 Å². The van der Waals surface area contributed by atoms with Crippen molar-refractivity contribution < 1.29 is 9.59 Å². The molecule has 0 fully saturated rings. The molecular formula is C3H3I2NO2. The second kappa shape index (κ2) is 4.48. The summed E-state index contributed by atoms with van der Waals surface area (Å²) in [5.74, 6) is 0. The third kappa shape index (κ3) is 6.60. The summed E-state index contributed by atoms with van der Waals surface area (Å²) in [6, 6.07) is 0. The van der Waals surface area contributed by atoms with Crippen molar-refractivity contribution in [3.63, 3.8) is 0 Å². The van der Waals surface area contributed by atoms with E-state index in [-0.39, 0.29) is 14.2 Å². The number of amides is 1. The average molecular weight is 339 g/mol. The Morgan fingerprint density at radius 2 is 1.88 bits per heavy atom. The molecule has 0 radical (unpaired) electrons. The lowest BCUT2D eigenvalue weighted by atomic mass is 10.7. The third-order valence-corrected chi connectivity index (χ3v) is 1.13. The molecule has 0 aliphatic heterocycles. The van der Waals surface area contributed by atoms with Crippen LogP contribution in [0, 0.1) is 0 Å². The molecular weight excluding hydrogens is 336 g/mol. The van der Waals surface area contributed by atoms with E-state index in [1.165, 1.54) is 0 Å². The van der Waals surface area contributed by atoms with Gasteiger partial charge >= 0.3 is 0 Å². The topological polar surface area (TPSA) is 46.2 Å². The first-order valence-electron chi connectivity index (χ1n) is 1.74. The fraction of sp³-hybridized carbons (Fsp3) is 0.333. The van der Waals surface area contributed by atoms with Crippen molar-refractivity contribution in [2.45, 2.75) is 0 Å². The van der Waals surface area contributed by atoms with Crippen LogP contribution in [0.3, 0.4) is 0 Å². The minimum absolute atomic E-state index is 0.0624. The molecule has 0 rings (SSSR count). The van der Waals surface area contributed by atoms with E-state index in [4.69, 9.17) is 0 Å². The fourth-order valence-electron chi connectivity index (χ4n) is 0.139. The van der Waals surface area contributed by atoms with Crippen LogP contribution in [0.2, 0.25) is 0 Å². The van der Waals surface area contributed by atoms with Gasteiger partial charge in [0.2, 0.25) is 3.79 Å². The fourth-order valence-corrected chi connectivity index (χ4v) is 0.520. The SMILES string of the molecule is O=C(I)CNC(=O)I. The average Bonchev–Trinajstić information content (AvgIpc) is 1.61. The van der Waals surface area contributed by atoms with E-state index in [2.05, 4.69) is 5.32 Å². The highest BCUT2D eigenvalue weighted by atomic mass is 127. The standard InChI is InChI=1S/C3H3I2NO2/c4-2(7)1-6-3(5)8/h1H2,(H,6,8). The van der Waals surface area contributed by atoms with E-state index in [1.807, 2.05) is 0 Å². The van der Waals surface area contributed by atoms with Gasteiger partial charge < -0.3 is 5.32 Å². The monoisotopic (exact) mass is 339 g/mol. The predicted molar refractivity (Wildman–Crippen MR) is 46.4 cm³/mol. The number of rotatable bonds is 2. The predicted octanol–water partition coefficient (Wildman–Crippen LogP) is 1.09. The Labute approximate surface area is 73.9 Å². The minimum Gasteiger partial charge on any atom is -0.340 e. The van der Waals surface area contributed by atoms with Crippen LogP contribution in [0.1, 0.15) is 0 Å². The highest BCUT2D eigenvalue weighted by Gasteiger charge is 1.95. The Kier molecular flexibility index (Phi) is 4.81. The highest BCUT2D eigenvalue weighted by molar-refractivity contribution is 14.1. The van der Waals surface area contributed by atoms with Crippen molar-refractivity contribution >= 4 is 52.9 Å². The van der Waals surface area contributed by atoms with Gasteiger partial charge in [-0.3, -0.25) is 9.59 Å². The summed E-state index contributed by atoms with van der Waals surface area (Å²) < 4.78 is -0.264. The summed E-state index contributed by atoms with van der Waals surface area (Å²) in [4.78, 5) is 20.2. The van der Waals surface area contributed by atoms with Crippen LogP contribution < -0.4 is 5.32 Å². The zero-order valence-electron chi connectivity index (χ0n) is 3.78. The molecule has 0 atom stereocenters. The van der Waals surface area contributed by atoms with Gasteiger partial charge in [-0.2, -0.15) is 0 Å². The van der Waals surface area contributed by atoms with Crippen LogP contribution in [0.15, 0.2) is 0 Å². The maximum atomic E-state index is 10.1. The number of hydrogen-bond acceptors (Lipinski definition) is 2. The van der Waals surface area contributed by atoms with Crippen molar-refractivity contribution in [2.24, 2.45) is 0 Å². The van der Waals surface area contributed by atoms with E-state index in [9.17, 15) is 9.59 Å². The molecule has 0 saturated heterocycles. The summed E-state index contributed by atoms with van der Waals surface area (Å²) in [5, 5.41) is 2.34. The van der Waals surface area contributed by atoms with Crippen molar-refractivity contribution in [1.82, 2.24) is 5.32 Å². The first kappa shape index (κ1) is 8.60. The third-order valence-electron chi connectivity index (χ3n) is 0.366. The molecule has 46 valence electrons. The molecule has 1 amide bonds. The molecule has 0 heterocycles. The molecule has 0 aromatic rings. The summed E-state index contributed by atoms with van der Waals surface area (Å²) in [5.41, 5.74) is 0. The summed E-state index contributed by atoms with van der Waals surface area (Å²) in [7, 11) is 0. The molecule has 0 spiro atoms. The Morgan fingerprint density at radius 1 is 1.38 bits per heavy atom. The molecule has 5 heteroatoms. The zero-order chi connectivity index (χ0) is 6.57. The molecule has 0 unspecified atom stereocenters. The second-order valence-electron chi connectivity index (χ2n) is 0.982.